The topological polar surface area (TPSA) is 32.3 Å². The standard InChI is InChI=1S/C24H21Cl3N2O/c1-29(2)20-10-5-17(6-11-20)23(28-15-16-3-7-18(25)8-4-16)14-24(30)21-13-19(26)9-12-22(21)27/h3-14,28H,15H2,1-2H3/b23-14+. The largest absolute Gasteiger partial charge is 0.380 e. The van der Waals surface area contributed by atoms with E-state index >= 15 is 0 Å². The minimum absolute atomic E-state index is 0.224. The molecule has 0 atom stereocenters. The molecule has 0 aliphatic rings. The summed E-state index contributed by atoms with van der Waals surface area (Å²) in [5, 5.41) is 4.86. The van der Waals surface area contributed by atoms with Crippen molar-refractivity contribution in [2.75, 3.05) is 19.0 Å². The average Bonchev–Trinajstić information content (AvgIpc) is 2.74. The first-order valence-corrected chi connectivity index (χ1v) is 10.4. The van der Waals surface area contributed by atoms with Gasteiger partial charge in [-0.3, -0.25) is 4.79 Å². The van der Waals surface area contributed by atoms with Gasteiger partial charge in [0.15, 0.2) is 5.78 Å². The maximum atomic E-state index is 12.9. The Labute approximate surface area is 191 Å². The summed E-state index contributed by atoms with van der Waals surface area (Å²) in [4.78, 5) is 15.0. The fraction of sp³-hybridized carbons (Fsp3) is 0.125. The van der Waals surface area contributed by atoms with Crippen LogP contribution in [-0.4, -0.2) is 19.9 Å². The molecule has 3 rings (SSSR count). The van der Waals surface area contributed by atoms with Crippen LogP contribution in [-0.2, 0) is 6.54 Å². The number of halogens is 3. The number of nitrogens with zero attached hydrogens (tertiary/aromatic N) is 1. The van der Waals surface area contributed by atoms with Gasteiger partial charge in [0.05, 0.1) is 5.02 Å². The van der Waals surface area contributed by atoms with Crippen LogP contribution in [0.25, 0.3) is 5.70 Å². The molecule has 0 aliphatic carbocycles. The van der Waals surface area contributed by atoms with Crippen LogP contribution in [0.1, 0.15) is 21.5 Å². The molecule has 0 heterocycles. The molecule has 0 bridgehead atoms. The van der Waals surface area contributed by atoms with Crippen molar-refractivity contribution in [2.24, 2.45) is 0 Å². The second-order valence-corrected chi connectivity index (χ2v) is 8.25. The molecule has 30 heavy (non-hydrogen) atoms. The van der Waals surface area contributed by atoms with Gasteiger partial charge in [-0.15, -0.1) is 0 Å². The number of benzene rings is 3. The van der Waals surface area contributed by atoms with E-state index in [1.807, 2.05) is 67.5 Å². The average molecular weight is 460 g/mol. The third-order valence-electron chi connectivity index (χ3n) is 4.56. The number of hydrogen-bond acceptors (Lipinski definition) is 3. The Morgan fingerprint density at radius 1 is 0.900 bits per heavy atom. The van der Waals surface area contributed by atoms with Gasteiger partial charge in [0, 0.05) is 53.7 Å². The number of anilines is 1. The Morgan fingerprint density at radius 3 is 2.17 bits per heavy atom. The van der Waals surface area contributed by atoms with Crippen LogP contribution in [0.4, 0.5) is 5.69 Å². The molecular weight excluding hydrogens is 439 g/mol. The third kappa shape index (κ3) is 5.79. The van der Waals surface area contributed by atoms with E-state index in [-0.39, 0.29) is 5.78 Å². The SMILES string of the molecule is CN(C)c1ccc(/C(=C\C(=O)c2cc(Cl)ccc2Cl)NCc2ccc(Cl)cc2)cc1. The Morgan fingerprint density at radius 2 is 1.53 bits per heavy atom. The highest BCUT2D eigenvalue weighted by molar-refractivity contribution is 6.36. The zero-order valence-corrected chi connectivity index (χ0v) is 18.9. The highest BCUT2D eigenvalue weighted by Crippen LogP contribution is 2.24. The zero-order valence-electron chi connectivity index (χ0n) is 16.6. The van der Waals surface area contributed by atoms with Crippen LogP contribution in [0.5, 0.6) is 0 Å². The molecule has 3 nitrogen and oxygen atoms in total. The van der Waals surface area contributed by atoms with Crippen molar-refractivity contribution >= 4 is 52.0 Å². The number of rotatable bonds is 7. The molecule has 3 aromatic carbocycles. The highest BCUT2D eigenvalue weighted by atomic mass is 35.5. The summed E-state index contributed by atoms with van der Waals surface area (Å²) in [6.45, 7) is 0.537. The molecule has 0 spiro atoms. The van der Waals surface area contributed by atoms with Gasteiger partial charge in [-0.2, -0.15) is 0 Å². The van der Waals surface area contributed by atoms with Crippen molar-refractivity contribution in [1.82, 2.24) is 5.32 Å². The number of carbonyl (C=O) groups excluding carboxylic acids is 1. The molecule has 0 saturated heterocycles. The minimum atomic E-state index is -0.224. The molecule has 0 aliphatic heterocycles. The van der Waals surface area contributed by atoms with Crippen molar-refractivity contribution in [3.05, 3.63) is 105 Å². The molecule has 6 heteroatoms. The van der Waals surface area contributed by atoms with Gasteiger partial charge in [-0.1, -0.05) is 59.1 Å². The van der Waals surface area contributed by atoms with Gasteiger partial charge in [-0.05, 0) is 53.6 Å². The highest BCUT2D eigenvalue weighted by Gasteiger charge is 2.12. The van der Waals surface area contributed by atoms with Gasteiger partial charge in [-0.25, -0.2) is 0 Å². The van der Waals surface area contributed by atoms with Crippen LogP contribution in [0.2, 0.25) is 15.1 Å². The monoisotopic (exact) mass is 458 g/mol. The second kappa shape index (κ2) is 10.0. The van der Waals surface area contributed by atoms with Crippen molar-refractivity contribution in [2.45, 2.75) is 6.54 Å². The first-order valence-electron chi connectivity index (χ1n) is 9.30. The Kier molecular flexibility index (Phi) is 7.43. The van der Waals surface area contributed by atoms with Crippen LogP contribution in [0.3, 0.4) is 0 Å². The maximum Gasteiger partial charge on any atom is 0.189 e. The van der Waals surface area contributed by atoms with Gasteiger partial charge in [0.25, 0.3) is 0 Å². The first-order chi connectivity index (χ1) is 14.3. The van der Waals surface area contributed by atoms with Crippen molar-refractivity contribution in [1.29, 1.82) is 0 Å². The molecule has 154 valence electrons. The lowest BCUT2D eigenvalue weighted by atomic mass is 10.1. The maximum absolute atomic E-state index is 12.9. The molecule has 0 fully saturated rings. The van der Waals surface area contributed by atoms with E-state index in [4.69, 9.17) is 34.8 Å². The molecule has 0 aromatic heterocycles. The summed E-state index contributed by atoms with van der Waals surface area (Å²) in [6.07, 6.45) is 1.55. The van der Waals surface area contributed by atoms with Crippen LogP contribution >= 0.6 is 34.8 Å². The number of allylic oxidation sites excluding steroid dienone is 1. The van der Waals surface area contributed by atoms with Crippen LogP contribution < -0.4 is 10.2 Å². The van der Waals surface area contributed by atoms with Crippen molar-refractivity contribution in [3.8, 4) is 0 Å². The summed E-state index contributed by atoms with van der Waals surface area (Å²) in [5.74, 6) is -0.224. The molecule has 3 aromatic rings. The Balaban J connectivity index is 1.93. The van der Waals surface area contributed by atoms with E-state index in [1.54, 1.807) is 24.3 Å². The summed E-state index contributed by atoms with van der Waals surface area (Å²) in [5.41, 5.74) is 4.06. The normalized spacial score (nSPS) is 11.3. The Hall–Kier alpha value is -2.46. The fourth-order valence-corrected chi connectivity index (χ4v) is 3.38. The molecule has 0 unspecified atom stereocenters. The Bertz CT molecular complexity index is 1060. The van der Waals surface area contributed by atoms with E-state index < -0.39 is 0 Å². The summed E-state index contributed by atoms with van der Waals surface area (Å²) >= 11 is 18.2. The predicted molar refractivity (Wildman–Crippen MR) is 128 cm³/mol. The molecular formula is C24H21Cl3N2O. The van der Waals surface area contributed by atoms with Gasteiger partial charge < -0.3 is 10.2 Å². The molecule has 1 N–H and O–H groups in total. The minimum Gasteiger partial charge on any atom is -0.380 e. The van der Waals surface area contributed by atoms with Crippen LogP contribution in [0, 0.1) is 0 Å². The van der Waals surface area contributed by atoms with Crippen molar-refractivity contribution in [3.63, 3.8) is 0 Å². The van der Waals surface area contributed by atoms with E-state index in [2.05, 4.69) is 5.32 Å². The predicted octanol–water partition coefficient (Wildman–Crippen LogP) is 6.73. The van der Waals surface area contributed by atoms with Gasteiger partial charge >= 0.3 is 0 Å². The number of carbonyl (C=O) groups is 1. The zero-order chi connectivity index (χ0) is 21.7. The first kappa shape index (κ1) is 22.2. The van der Waals surface area contributed by atoms with Gasteiger partial charge in [0.1, 0.15) is 0 Å². The van der Waals surface area contributed by atoms with E-state index in [9.17, 15) is 4.79 Å². The van der Waals surface area contributed by atoms with Gasteiger partial charge in [0.2, 0.25) is 0 Å². The smallest absolute Gasteiger partial charge is 0.189 e. The summed E-state index contributed by atoms with van der Waals surface area (Å²) in [6, 6.07) is 20.4. The fourth-order valence-electron chi connectivity index (χ4n) is 2.87. The van der Waals surface area contributed by atoms with Crippen molar-refractivity contribution < 1.29 is 4.79 Å². The number of hydrogen-bond donors (Lipinski definition) is 1. The quantitative estimate of drug-likeness (QED) is 0.314. The molecule has 0 amide bonds. The molecule has 0 radical (unpaired) electrons. The van der Waals surface area contributed by atoms with Crippen LogP contribution in [0.15, 0.2) is 72.8 Å². The number of ketones is 1. The second-order valence-electron chi connectivity index (χ2n) is 6.97. The lowest BCUT2D eigenvalue weighted by Gasteiger charge is -2.15. The third-order valence-corrected chi connectivity index (χ3v) is 5.38. The lowest BCUT2D eigenvalue weighted by molar-refractivity contribution is 0.104. The number of nitrogens with one attached hydrogen (secondary N) is 1. The lowest BCUT2D eigenvalue weighted by Crippen LogP contribution is -2.14. The molecule has 0 saturated carbocycles. The van der Waals surface area contributed by atoms with E-state index in [1.165, 1.54) is 0 Å². The van der Waals surface area contributed by atoms with E-state index in [0.717, 1.165) is 16.8 Å². The summed E-state index contributed by atoms with van der Waals surface area (Å²) < 4.78 is 0. The summed E-state index contributed by atoms with van der Waals surface area (Å²) in [7, 11) is 3.96. The van der Waals surface area contributed by atoms with E-state index in [0.29, 0.717) is 32.9 Å².